The van der Waals surface area contributed by atoms with Crippen molar-refractivity contribution in [1.82, 2.24) is 25.8 Å². The largest absolute Gasteiger partial charge is 0.481 e. The van der Waals surface area contributed by atoms with Crippen LogP contribution in [0.3, 0.4) is 0 Å². The van der Waals surface area contributed by atoms with E-state index in [1.807, 2.05) is 18.2 Å². The monoisotopic (exact) mass is 557 g/mol. The molecule has 3 unspecified atom stereocenters. The lowest BCUT2D eigenvalue weighted by molar-refractivity contribution is -0.145. The first-order chi connectivity index (χ1) is 19.2. The first-order valence-corrected chi connectivity index (χ1v) is 13.3. The van der Waals surface area contributed by atoms with Crippen LogP contribution >= 0.6 is 0 Å². The quantitative estimate of drug-likeness (QED) is 0.369. The first-order valence-electron chi connectivity index (χ1n) is 13.3. The van der Waals surface area contributed by atoms with Crippen LogP contribution in [0.4, 0.5) is 18.4 Å². The van der Waals surface area contributed by atoms with Gasteiger partial charge in [0.05, 0.1) is 6.04 Å². The summed E-state index contributed by atoms with van der Waals surface area (Å²) in [6, 6.07) is 8.12. The Hall–Kier alpha value is -4.06. The number of aliphatic carboxylic acids is 1. The Bertz CT molecular complexity index is 1240. The summed E-state index contributed by atoms with van der Waals surface area (Å²) < 4.78 is 27.6. The molecule has 12 heteroatoms. The number of carbonyl (C=O) groups is 4. The van der Waals surface area contributed by atoms with Crippen molar-refractivity contribution in [3.8, 4) is 0 Å². The topological polar surface area (TPSA) is 131 Å². The highest BCUT2D eigenvalue weighted by atomic mass is 19.2. The Balaban J connectivity index is 1.29. The average Bonchev–Trinajstić information content (AvgIpc) is 2.93. The third kappa shape index (κ3) is 6.74. The number of benzene rings is 2. The predicted octanol–water partition coefficient (Wildman–Crippen LogP) is 3.11. The number of hydrogen-bond acceptors (Lipinski definition) is 5. The number of likely N-dealkylation sites (tertiary alicyclic amines) is 1. The molecule has 2 fully saturated rings. The Morgan fingerprint density at radius 3 is 2.40 bits per heavy atom. The Kier molecular flexibility index (Phi) is 9.30. The van der Waals surface area contributed by atoms with E-state index in [4.69, 9.17) is 0 Å². The fourth-order valence-corrected chi connectivity index (χ4v) is 5.28. The van der Waals surface area contributed by atoms with Gasteiger partial charge >= 0.3 is 18.0 Å². The summed E-state index contributed by atoms with van der Waals surface area (Å²) in [5.74, 6) is -4.99. The molecule has 40 heavy (non-hydrogen) atoms. The van der Waals surface area contributed by atoms with Gasteiger partial charge in [0.25, 0.3) is 5.91 Å². The number of amides is 5. The molecular weight excluding hydrogens is 524 g/mol. The molecule has 0 saturated carbocycles. The smallest absolute Gasteiger partial charge is 0.326 e. The summed E-state index contributed by atoms with van der Waals surface area (Å²) in [4.78, 5) is 53.2. The van der Waals surface area contributed by atoms with Gasteiger partial charge in [0.15, 0.2) is 11.6 Å². The van der Waals surface area contributed by atoms with Crippen molar-refractivity contribution in [3.05, 3.63) is 71.3 Å². The van der Waals surface area contributed by atoms with Crippen LogP contribution in [0.25, 0.3) is 0 Å². The van der Waals surface area contributed by atoms with Crippen LogP contribution in [0.1, 0.15) is 48.1 Å². The van der Waals surface area contributed by atoms with Crippen molar-refractivity contribution in [2.75, 3.05) is 26.2 Å². The number of piperidine rings is 1. The number of nitrogens with one attached hydrogen (secondary N) is 3. The molecule has 214 valence electrons. The number of carbonyl (C=O) groups excluding carboxylic acids is 3. The molecule has 3 atom stereocenters. The summed E-state index contributed by atoms with van der Waals surface area (Å²) in [5, 5.41) is 18.0. The lowest BCUT2D eigenvalue weighted by Crippen LogP contribution is -2.62. The van der Waals surface area contributed by atoms with Gasteiger partial charge in [0, 0.05) is 37.3 Å². The molecule has 4 N–H and O–H groups in total. The Morgan fingerprint density at radius 1 is 1.05 bits per heavy atom. The fraction of sp³-hybridized carbons (Fsp3) is 0.429. The molecule has 2 aromatic rings. The molecule has 10 nitrogen and oxygen atoms in total. The van der Waals surface area contributed by atoms with E-state index in [2.05, 4.69) is 20.9 Å². The zero-order valence-electron chi connectivity index (χ0n) is 22.1. The molecule has 2 saturated heterocycles. The third-order valence-corrected chi connectivity index (χ3v) is 7.40. The van der Waals surface area contributed by atoms with Gasteiger partial charge < -0.3 is 26.0 Å². The number of carboxylic acid groups (broad SMARTS) is 1. The second-order valence-corrected chi connectivity index (χ2v) is 10.1. The van der Waals surface area contributed by atoms with Crippen molar-refractivity contribution in [3.63, 3.8) is 0 Å². The van der Waals surface area contributed by atoms with Crippen LogP contribution in [0.5, 0.6) is 0 Å². The standard InChI is InChI=1S/C28H33F2N5O5/c1-17-23(26(37)38)24(19-8-9-21(29)22(30)16-19)35(28(40)32-17)27(39)31-12-5-13-34-14-10-20(11-15-34)33-25(36)18-6-3-2-4-7-18/h2-4,6-9,16-17,20,23-24H,5,10-15H2,1H3,(H,31,39)(H,32,40)(H,33,36)(H,37,38). The molecule has 0 radical (unpaired) electrons. The first kappa shape index (κ1) is 28.9. The zero-order valence-corrected chi connectivity index (χ0v) is 22.1. The molecular formula is C28H33F2N5O5. The maximum Gasteiger partial charge on any atom is 0.326 e. The predicted molar refractivity (Wildman–Crippen MR) is 141 cm³/mol. The lowest BCUT2D eigenvalue weighted by Gasteiger charge is -2.41. The maximum atomic E-state index is 14.0. The highest BCUT2D eigenvalue weighted by Crippen LogP contribution is 2.35. The number of halogens is 2. The van der Waals surface area contributed by atoms with Crippen LogP contribution in [0, 0.1) is 17.6 Å². The van der Waals surface area contributed by atoms with Gasteiger partial charge in [0.2, 0.25) is 0 Å². The number of rotatable bonds is 8. The fourth-order valence-electron chi connectivity index (χ4n) is 5.28. The number of imide groups is 1. The molecule has 4 rings (SSSR count). The van der Waals surface area contributed by atoms with E-state index in [9.17, 15) is 33.1 Å². The molecule has 0 bridgehead atoms. The minimum atomic E-state index is -1.33. The van der Waals surface area contributed by atoms with Gasteiger partial charge in [-0.1, -0.05) is 24.3 Å². The van der Waals surface area contributed by atoms with Crippen LogP contribution < -0.4 is 16.0 Å². The normalized spacial score (nSPS) is 21.9. The highest BCUT2D eigenvalue weighted by molar-refractivity contribution is 5.96. The van der Waals surface area contributed by atoms with E-state index >= 15 is 0 Å². The van der Waals surface area contributed by atoms with Crippen LogP contribution in [0.2, 0.25) is 0 Å². The van der Waals surface area contributed by atoms with Crippen molar-refractivity contribution in [2.45, 2.75) is 44.3 Å². The lowest BCUT2D eigenvalue weighted by atomic mass is 9.85. The summed E-state index contributed by atoms with van der Waals surface area (Å²) in [7, 11) is 0. The van der Waals surface area contributed by atoms with Crippen LogP contribution in [-0.4, -0.2) is 77.1 Å². The minimum Gasteiger partial charge on any atom is -0.481 e. The zero-order chi connectivity index (χ0) is 28.8. The van der Waals surface area contributed by atoms with Crippen LogP contribution in [-0.2, 0) is 4.79 Å². The van der Waals surface area contributed by atoms with Gasteiger partial charge in [-0.15, -0.1) is 0 Å². The number of nitrogens with zero attached hydrogens (tertiary/aromatic N) is 2. The van der Waals surface area contributed by atoms with Gasteiger partial charge in [0.1, 0.15) is 5.92 Å². The molecule has 5 amide bonds. The van der Waals surface area contributed by atoms with E-state index in [-0.39, 0.29) is 24.1 Å². The van der Waals surface area contributed by atoms with Crippen LogP contribution in [0.15, 0.2) is 48.5 Å². The third-order valence-electron chi connectivity index (χ3n) is 7.40. The van der Waals surface area contributed by atoms with E-state index in [1.165, 1.54) is 13.0 Å². The van der Waals surface area contributed by atoms with Gasteiger partial charge in [-0.25, -0.2) is 23.3 Å². The molecule has 0 spiro atoms. The molecule has 2 aliphatic heterocycles. The number of hydrogen-bond donors (Lipinski definition) is 4. The Morgan fingerprint density at radius 2 is 1.75 bits per heavy atom. The van der Waals surface area contributed by atoms with Crippen molar-refractivity contribution in [1.29, 1.82) is 0 Å². The average molecular weight is 558 g/mol. The van der Waals surface area contributed by atoms with Crippen molar-refractivity contribution >= 4 is 23.9 Å². The Labute approximate surface area is 230 Å². The highest BCUT2D eigenvalue weighted by Gasteiger charge is 2.47. The maximum absolute atomic E-state index is 14.0. The number of urea groups is 2. The molecule has 2 aromatic carbocycles. The summed E-state index contributed by atoms with van der Waals surface area (Å²) in [5.41, 5.74) is 0.629. The second kappa shape index (κ2) is 12.9. The van der Waals surface area contributed by atoms with Gasteiger partial charge in [-0.05, 0) is 62.6 Å². The molecule has 0 aliphatic carbocycles. The summed E-state index contributed by atoms with van der Waals surface area (Å²) in [6.07, 6.45) is 2.16. The number of carboxylic acids is 1. The molecule has 2 aliphatic rings. The van der Waals surface area contributed by atoms with Crippen molar-refractivity contribution < 1.29 is 33.1 Å². The van der Waals surface area contributed by atoms with E-state index in [0.29, 0.717) is 18.5 Å². The molecule has 2 heterocycles. The summed E-state index contributed by atoms with van der Waals surface area (Å²) in [6.45, 7) is 3.92. The van der Waals surface area contributed by atoms with Gasteiger partial charge in [-0.3, -0.25) is 9.59 Å². The van der Waals surface area contributed by atoms with E-state index in [1.54, 1.807) is 12.1 Å². The second-order valence-electron chi connectivity index (χ2n) is 10.1. The summed E-state index contributed by atoms with van der Waals surface area (Å²) >= 11 is 0. The minimum absolute atomic E-state index is 0.00498. The van der Waals surface area contributed by atoms with E-state index < -0.39 is 47.7 Å². The molecule has 0 aromatic heterocycles. The van der Waals surface area contributed by atoms with Gasteiger partial charge in [-0.2, -0.15) is 0 Å². The van der Waals surface area contributed by atoms with Crippen molar-refractivity contribution in [2.24, 2.45) is 5.92 Å². The SMILES string of the molecule is CC1NC(=O)N(C(=O)NCCCN2CCC(NC(=O)c3ccccc3)CC2)C(c2ccc(F)c(F)c2)C1C(=O)O. The van der Waals surface area contributed by atoms with E-state index in [0.717, 1.165) is 43.0 Å².